The molecule has 3 aromatic rings. The van der Waals surface area contributed by atoms with Gasteiger partial charge in [-0.1, -0.05) is 6.92 Å². The maximum Gasteiger partial charge on any atom is 0.408 e. The lowest BCUT2D eigenvalue weighted by molar-refractivity contribution is -0.123. The van der Waals surface area contributed by atoms with Crippen molar-refractivity contribution in [3.63, 3.8) is 0 Å². The van der Waals surface area contributed by atoms with Crippen LogP contribution in [-0.2, 0) is 9.53 Å². The number of carbonyl (C=O) groups excluding carboxylic acids is 2. The van der Waals surface area contributed by atoms with Gasteiger partial charge in [-0.2, -0.15) is 0 Å². The molecule has 37 heavy (non-hydrogen) atoms. The summed E-state index contributed by atoms with van der Waals surface area (Å²) in [4.78, 5) is 27.8. The summed E-state index contributed by atoms with van der Waals surface area (Å²) in [7, 11) is 0. The third-order valence-electron chi connectivity index (χ3n) is 6.62. The number of alkyl carbamates (subject to hydrolysis) is 1. The number of benzene rings is 2. The molecule has 0 unspecified atom stereocenters. The Balaban J connectivity index is 1.44. The molecule has 2 amide bonds. The van der Waals surface area contributed by atoms with Crippen LogP contribution in [0.3, 0.4) is 0 Å². The highest BCUT2D eigenvalue weighted by Gasteiger charge is 2.35. The molecule has 2 aromatic carbocycles. The van der Waals surface area contributed by atoms with E-state index in [0.29, 0.717) is 42.5 Å². The number of carbonyl (C=O) groups is 2. The smallest absolute Gasteiger partial charge is 0.408 e. The monoisotopic (exact) mass is 515 g/mol. The number of ether oxygens (including phenoxy) is 1. The fraction of sp³-hybridized carbons (Fsp3) is 0.429. The maximum absolute atomic E-state index is 14.6. The summed E-state index contributed by atoms with van der Waals surface area (Å²) < 4.78 is 47.4. The molecule has 6 nitrogen and oxygen atoms in total. The molecule has 1 heterocycles. The highest BCUT2D eigenvalue weighted by molar-refractivity contribution is 5.92. The lowest BCUT2D eigenvalue weighted by atomic mass is 9.70. The van der Waals surface area contributed by atoms with Crippen molar-refractivity contribution in [3.8, 4) is 11.3 Å². The fourth-order valence-electron chi connectivity index (χ4n) is 4.82. The van der Waals surface area contributed by atoms with Gasteiger partial charge >= 0.3 is 6.09 Å². The van der Waals surface area contributed by atoms with Gasteiger partial charge in [-0.15, -0.1) is 0 Å². The first-order valence-corrected chi connectivity index (χ1v) is 12.5. The Morgan fingerprint density at radius 3 is 2.38 bits per heavy atom. The number of hydrogen-bond acceptors (Lipinski definition) is 3. The minimum atomic E-state index is -0.713. The van der Waals surface area contributed by atoms with Crippen LogP contribution >= 0.6 is 0 Å². The molecule has 1 aliphatic carbocycles. The first-order chi connectivity index (χ1) is 17.4. The zero-order valence-corrected chi connectivity index (χ0v) is 21.4. The molecule has 0 spiro atoms. The minimum absolute atomic E-state index is 0.0127. The molecule has 0 saturated heterocycles. The Morgan fingerprint density at radius 1 is 1.08 bits per heavy atom. The van der Waals surface area contributed by atoms with Gasteiger partial charge in [0.1, 0.15) is 29.1 Å². The second-order valence-electron chi connectivity index (χ2n) is 10.6. The third kappa shape index (κ3) is 6.09. The Bertz CT molecular complexity index is 1290. The van der Waals surface area contributed by atoms with Crippen molar-refractivity contribution in [1.82, 2.24) is 15.6 Å². The molecular formula is C28H32F3N3O3. The lowest BCUT2D eigenvalue weighted by Gasteiger charge is -2.36. The van der Waals surface area contributed by atoms with Gasteiger partial charge in [0.2, 0.25) is 5.91 Å². The van der Waals surface area contributed by atoms with Gasteiger partial charge in [0.25, 0.3) is 0 Å². The SMILES string of the molecule is CC[C@H](NC(=O)OC(C)(C)C)C(=O)NCC1CC(c2c(-c3ccc(F)cc3)[nH]c3c(F)cc(F)cc23)C1. The number of amides is 2. The number of rotatable bonds is 7. The van der Waals surface area contributed by atoms with E-state index in [1.54, 1.807) is 39.8 Å². The molecule has 3 N–H and O–H groups in total. The highest BCUT2D eigenvalue weighted by atomic mass is 19.1. The zero-order chi connectivity index (χ0) is 26.9. The van der Waals surface area contributed by atoms with Crippen LogP contribution in [0, 0.1) is 23.4 Å². The predicted molar refractivity (Wildman–Crippen MR) is 136 cm³/mol. The number of fused-ring (bicyclic) bond motifs is 1. The number of H-pyrrole nitrogens is 1. The van der Waals surface area contributed by atoms with Gasteiger partial charge in [-0.25, -0.2) is 18.0 Å². The molecule has 0 radical (unpaired) electrons. The van der Waals surface area contributed by atoms with Crippen LogP contribution in [0.5, 0.6) is 0 Å². The quantitative estimate of drug-likeness (QED) is 0.352. The van der Waals surface area contributed by atoms with Crippen LogP contribution in [0.25, 0.3) is 22.2 Å². The van der Waals surface area contributed by atoms with Gasteiger partial charge in [0.15, 0.2) is 0 Å². The molecular weight excluding hydrogens is 483 g/mol. The highest BCUT2D eigenvalue weighted by Crippen LogP contribution is 2.48. The van der Waals surface area contributed by atoms with Crippen molar-refractivity contribution in [2.24, 2.45) is 5.92 Å². The van der Waals surface area contributed by atoms with Crippen molar-refractivity contribution in [2.75, 3.05) is 6.54 Å². The molecule has 4 rings (SSSR count). The molecule has 0 bridgehead atoms. The summed E-state index contributed by atoms with van der Waals surface area (Å²) in [6.45, 7) is 7.46. The van der Waals surface area contributed by atoms with E-state index in [2.05, 4.69) is 15.6 Å². The number of aromatic amines is 1. The number of hydrogen-bond donors (Lipinski definition) is 3. The van der Waals surface area contributed by atoms with Gasteiger partial charge in [-0.3, -0.25) is 4.79 Å². The van der Waals surface area contributed by atoms with E-state index in [1.807, 2.05) is 0 Å². The van der Waals surface area contributed by atoms with E-state index in [1.165, 1.54) is 18.2 Å². The van der Waals surface area contributed by atoms with Crippen molar-refractivity contribution in [3.05, 3.63) is 59.4 Å². The van der Waals surface area contributed by atoms with Crippen LogP contribution in [-0.4, -0.2) is 35.2 Å². The Kier molecular flexibility index (Phi) is 7.52. The van der Waals surface area contributed by atoms with E-state index in [9.17, 15) is 22.8 Å². The average Bonchev–Trinajstić information content (AvgIpc) is 3.15. The second-order valence-corrected chi connectivity index (χ2v) is 10.6. The summed E-state index contributed by atoms with van der Waals surface area (Å²) in [5, 5.41) is 5.97. The standard InChI is InChI=1S/C28H32F3N3O3/c1-5-22(33-27(36)37-28(2,3)4)26(35)32-14-15-10-17(11-15)23-20-12-19(30)13-21(31)25(20)34-24(23)16-6-8-18(29)9-7-16/h6-9,12-13,15,17,22,34H,5,10-11,14H2,1-4H3,(H,32,35)(H,33,36)/t15?,17?,22-/m0/s1. The third-order valence-corrected chi connectivity index (χ3v) is 6.62. The minimum Gasteiger partial charge on any atom is -0.444 e. The normalized spacial score (nSPS) is 18.2. The van der Waals surface area contributed by atoms with Crippen molar-refractivity contribution >= 4 is 22.9 Å². The molecule has 1 aliphatic rings. The van der Waals surface area contributed by atoms with E-state index >= 15 is 0 Å². The Labute approximate surface area is 214 Å². The van der Waals surface area contributed by atoms with Crippen molar-refractivity contribution < 1.29 is 27.5 Å². The summed E-state index contributed by atoms with van der Waals surface area (Å²) in [6.07, 6.45) is 1.17. The summed E-state index contributed by atoms with van der Waals surface area (Å²) in [6, 6.07) is 7.32. The van der Waals surface area contributed by atoms with Crippen molar-refractivity contribution in [1.29, 1.82) is 0 Å². The molecule has 198 valence electrons. The maximum atomic E-state index is 14.6. The molecule has 1 aromatic heterocycles. The van der Waals surface area contributed by atoms with Gasteiger partial charge in [0.05, 0.1) is 11.2 Å². The Morgan fingerprint density at radius 2 is 1.76 bits per heavy atom. The first-order valence-electron chi connectivity index (χ1n) is 12.5. The first kappa shape index (κ1) is 26.6. The van der Waals surface area contributed by atoms with Crippen LogP contribution in [0.2, 0.25) is 0 Å². The molecule has 0 aliphatic heterocycles. The van der Waals surface area contributed by atoms with E-state index in [0.717, 1.165) is 11.6 Å². The Hall–Kier alpha value is -3.49. The van der Waals surface area contributed by atoms with Crippen LogP contribution in [0.15, 0.2) is 36.4 Å². The summed E-state index contributed by atoms with van der Waals surface area (Å²) >= 11 is 0. The van der Waals surface area contributed by atoms with Gasteiger partial charge in [0, 0.05) is 18.0 Å². The van der Waals surface area contributed by atoms with Crippen molar-refractivity contribution in [2.45, 2.75) is 64.5 Å². The van der Waals surface area contributed by atoms with Crippen LogP contribution < -0.4 is 10.6 Å². The van der Waals surface area contributed by atoms with E-state index in [-0.39, 0.29) is 29.1 Å². The largest absolute Gasteiger partial charge is 0.444 e. The number of aromatic nitrogens is 1. The number of halogens is 3. The second kappa shape index (κ2) is 10.5. The molecule has 1 fully saturated rings. The molecule has 1 saturated carbocycles. The van der Waals surface area contributed by atoms with Crippen LogP contribution in [0.4, 0.5) is 18.0 Å². The van der Waals surface area contributed by atoms with E-state index in [4.69, 9.17) is 4.74 Å². The summed E-state index contributed by atoms with van der Waals surface area (Å²) in [5.41, 5.74) is 1.66. The lowest BCUT2D eigenvalue weighted by Crippen LogP contribution is -2.49. The van der Waals surface area contributed by atoms with Gasteiger partial charge in [-0.05, 0) is 93.3 Å². The van der Waals surface area contributed by atoms with Gasteiger partial charge < -0.3 is 20.4 Å². The fourth-order valence-corrected chi connectivity index (χ4v) is 4.82. The molecule has 9 heteroatoms. The van der Waals surface area contributed by atoms with E-state index < -0.39 is 29.4 Å². The number of nitrogens with one attached hydrogen (secondary N) is 3. The zero-order valence-electron chi connectivity index (χ0n) is 21.4. The predicted octanol–water partition coefficient (Wildman–Crippen LogP) is 6.17. The average molecular weight is 516 g/mol. The topological polar surface area (TPSA) is 83.2 Å². The van der Waals surface area contributed by atoms with Crippen LogP contribution in [0.1, 0.15) is 58.4 Å². The summed E-state index contributed by atoms with van der Waals surface area (Å²) in [5.74, 6) is -1.85. The molecule has 1 atom stereocenters.